The van der Waals surface area contributed by atoms with Crippen molar-refractivity contribution in [2.45, 2.75) is 33.3 Å². The second kappa shape index (κ2) is 7.76. The van der Waals surface area contributed by atoms with Gasteiger partial charge in [0.15, 0.2) is 5.56 Å². The number of halogens is 1. The van der Waals surface area contributed by atoms with E-state index < -0.39 is 5.56 Å². The Morgan fingerprint density at radius 1 is 1.56 bits per heavy atom. The normalized spacial score (nSPS) is 10.8. The quantitative estimate of drug-likeness (QED) is 0.425. The first-order chi connectivity index (χ1) is 4.13. The molecule has 1 atom stereocenters. The van der Waals surface area contributed by atoms with Crippen molar-refractivity contribution in [2.24, 2.45) is 0 Å². The van der Waals surface area contributed by atoms with Crippen molar-refractivity contribution in [3.63, 3.8) is 0 Å². The first kappa shape index (κ1) is 11.5. The Balaban J connectivity index is 0. The number of carbonyl (C=O) groups is 1. The molecule has 0 aromatic rings. The molecule has 0 saturated heterocycles. The Morgan fingerprint density at radius 3 is 1.89 bits per heavy atom. The van der Waals surface area contributed by atoms with E-state index in [-0.39, 0.29) is 5.97 Å². The second-order valence-electron chi connectivity index (χ2n) is 1.15. The Kier molecular flexibility index (Phi) is 9.95. The van der Waals surface area contributed by atoms with Gasteiger partial charge in [-0.25, -0.2) is 0 Å². The summed E-state index contributed by atoms with van der Waals surface area (Å²) in [5.41, 5.74) is -0.502. The summed E-state index contributed by atoms with van der Waals surface area (Å²) in [5, 5.41) is 0. The molecule has 0 saturated carbocycles. The standard InChI is InChI=1S/C4H7ClO2.C2H6/c1-3(5)7-4(2)6;1-2/h3H,1-2H3;1-2H3. The van der Waals surface area contributed by atoms with Crippen molar-refractivity contribution in [1.29, 1.82) is 0 Å². The molecule has 0 radical (unpaired) electrons. The average molecular weight is 153 g/mol. The van der Waals surface area contributed by atoms with Crippen LogP contribution in [0.4, 0.5) is 0 Å². The van der Waals surface area contributed by atoms with Crippen molar-refractivity contribution >= 4 is 17.6 Å². The van der Waals surface area contributed by atoms with E-state index in [1.54, 1.807) is 6.92 Å². The van der Waals surface area contributed by atoms with E-state index in [1.165, 1.54) is 6.92 Å². The van der Waals surface area contributed by atoms with Gasteiger partial charge >= 0.3 is 5.97 Å². The van der Waals surface area contributed by atoms with Gasteiger partial charge in [-0.15, -0.1) is 0 Å². The molecule has 0 aliphatic heterocycles. The molecule has 0 rings (SSSR count). The number of alkyl halides is 1. The lowest BCUT2D eigenvalue weighted by Crippen LogP contribution is -2.03. The molecular weight excluding hydrogens is 140 g/mol. The van der Waals surface area contributed by atoms with Crippen LogP contribution in [0.3, 0.4) is 0 Å². The third-order valence-electron chi connectivity index (χ3n) is 0.328. The molecule has 0 fully saturated rings. The van der Waals surface area contributed by atoms with E-state index in [0.717, 1.165) is 0 Å². The Morgan fingerprint density at radius 2 is 1.89 bits per heavy atom. The summed E-state index contributed by atoms with van der Waals surface area (Å²) in [7, 11) is 0. The zero-order valence-corrected chi connectivity index (χ0v) is 7.03. The number of rotatable bonds is 1. The highest BCUT2D eigenvalue weighted by atomic mass is 35.5. The third kappa shape index (κ3) is 18.2. The van der Waals surface area contributed by atoms with Gasteiger partial charge < -0.3 is 4.74 Å². The van der Waals surface area contributed by atoms with Crippen LogP contribution >= 0.6 is 11.6 Å². The van der Waals surface area contributed by atoms with Crippen LogP contribution in [0.5, 0.6) is 0 Å². The maximum atomic E-state index is 9.95. The van der Waals surface area contributed by atoms with E-state index in [4.69, 9.17) is 11.6 Å². The molecule has 0 aromatic carbocycles. The van der Waals surface area contributed by atoms with Crippen LogP contribution in [-0.4, -0.2) is 11.5 Å². The maximum Gasteiger partial charge on any atom is 0.304 e. The zero-order valence-electron chi connectivity index (χ0n) is 6.27. The number of ether oxygens (including phenoxy) is 1. The van der Waals surface area contributed by atoms with Gasteiger partial charge in [-0.3, -0.25) is 4.79 Å². The van der Waals surface area contributed by atoms with E-state index in [2.05, 4.69) is 4.74 Å². The lowest BCUT2D eigenvalue weighted by Gasteiger charge is -1.99. The molecule has 3 heteroatoms. The van der Waals surface area contributed by atoms with E-state index in [0.29, 0.717) is 0 Å². The van der Waals surface area contributed by atoms with Crippen molar-refractivity contribution in [3.05, 3.63) is 0 Å². The highest BCUT2D eigenvalue weighted by Gasteiger charge is 1.95. The molecule has 2 nitrogen and oxygen atoms in total. The Hall–Kier alpha value is -0.240. The molecule has 0 bridgehead atoms. The van der Waals surface area contributed by atoms with Crippen LogP contribution < -0.4 is 0 Å². The lowest BCUT2D eigenvalue weighted by molar-refractivity contribution is -0.142. The highest BCUT2D eigenvalue weighted by molar-refractivity contribution is 6.19. The fourth-order valence-corrected chi connectivity index (χ4v) is 0.354. The predicted octanol–water partition coefficient (Wildman–Crippen LogP) is 2.16. The largest absolute Gasteiger partial charge is 0.446 e. The summed E-state index contributed by atoms with van der Waals surface area (Å²) in [6.45, 7) is 6.90. The van der Waals surface area contributed by atoms with Crippen LogP contribution in [0.2, 0.25) is 0 Å². The minimum atomic E-state index is -0.502. The maximum absolute atomic E-state index is 9.95. The van der Waals surface area contributed by atoms with Gasteiger partial charge in [-0.05, 0) is 6.92 Å². The first-order valence-electron chi connectivity index (χ1n) is 2.94. The van der Waals surface area contributed by atoms with Crippen molar-refractivity contribution < 1.29 is 9.53 Å². The van der Waals surface area contributed by atoms with Gasteiger partial charge in [0.25, 0.3) is 0 Å². The van der Waals surface area contributed by atoms with Crippen LogP contribution in [0.1, 0.15) is 27.7 Å². The number of hydrogen-bond donors (Lipinski definition) is 0. The lowest BCUT2D eigenvalue weighted by atomic mass is 10.8. The van der Waals surface area contributed by atoms with Gasteiger partial charge in [0.1, 0.15) is 0 Å². The fourth-order valence-electron chi connectivity index (χ4n) is 0.229. The molecular formula is C6H13ClO2. The molecule has 0 spiro atoms. The molecule has 0 heterocycles. The van der Waals surface area contributed by atoms with Gasteiger partial charge in [0.05, 0.1) is 0 Å². The highest BCUT2D eigenvalue weighted by Crippen LogP contribution is 1.94. The van der Waals surface area contributed by atoms with Crippen molar-refractivity contribution in [2.75, 3.05) is 0 Å². The smallest absolute Gasteiger partial charge is 0.304 e. The van der Waals surface area contributed by atoms with Gasteiger partial charge in [0, 0.05) is 6.92 Å². The summed E-state index contributed by atoms with van der Waals surface area (Å²) in [6.07, 6.45) is 0. The number of carbonyl (C=O) groups excluding carboxylic acids is 1. The average Bonchev–Trinajstić information content (AvgIpc) is 1.68. The molecule has 0 aliphatic carbocycles. The molecule has 0 aliphatic rings. The van der Waals surface area contributed by atoms with E-state index in [9.17, 15) is 4.79 Å². The molecule has 9 heavy (non-hydrogen) atoms. The van der Waals surface area contributed by atoms with Crippen molar-refractivity contribution in [1.82, 2.24) is 0 Å². The SMILES string of the molecule is CC.CC(=O)OC(C)Cl. The van der Waals surface area contributed by atoms with E-state index in [1.807, 2.05) is 13.8 Å². The summed E-state index contributed by atoms with van der Waals surface area (Å²) in [6, 6.07) is 0. The van der Waals surface area contributed by atoms with Gasteiger partial charge in [-0.1, -0.05) is 25.4 Å². The summed E-state index contributed by atoms with van der Waals surface area (Å²) >= 11 is 5.23. The molecule has 0 N–H and O–H groups in total. The van der Waals surface area contributed by atoms with Crippen LogP contribution in [0.15, 0.2) is 0 Å². The monoisotopic (exact) mass is 152 g/mol. The molecule has 0 aromatic heterocycles. The number of hydrogen-bond acceptors (Lipinski definition) is 2. The molecule has 56 valence electrons. The van der Waals surface area contributed by atoms with Crippen LogP contribution in [0.25, 0.3) is 0 Å². The predicted molar refractivity (Wildman–Crippen MR) is 38.4 cm³/mol. The Labute approximate surface area is 61.1 Å². The molecule has 1 unspecified atom stereocenters. The summed E-state index contributed by atoms with van der Waals surface area (Å²) in [5.74, 6) is -0.345. The van der Waals surface area contributed by atoms with Crippen molar-refractivity contribution in [3.8, 4) is 0 Å². The number of esters is 1. The van der Waals surface area contributed by atoms with Crippen LogP contribution in [-0.2, 0) is 9.53 Å². The summed E-state index contributed by atoms with van der Waals surface area (Å²) < 4.78 is 4.38. The second-order valence-corrected chi connectivity index (χ2v) is 1.77. The third-order valence-corrected chi connectivity index (χ3v) is 0.417. The Bertz CT molecular complexity index is 71.5. The van der Waals surface area contributed by atoms with Gasteiger partial charge in [-0.2, -0.15) is 0 Å². The van der Waals surface area contributed by atoms with Crippen LogP contribution in [0, 0.1) is 0 Å². The summed E-state index contributed by atoms with van der Waals surface area (Å²) in [4.78, 5) is 9.95. The molecule has 0 amide bonds. The fraction of sp³-hybridized carbons (Fsp3) is 0.833. The minimum Gasteiger partial charge on any atom is -0.446 e. The zero-order chi connectivity index (χ0) is 7.86. The van der Waals surface area contributed by atoms with E-state index >= 15 is 0 Å². The first-order valence-corrected chi connectivity index (χ1v) is 3.38. The minimum absolute atomic E-state index is 0.345. The van der Waals surface area contributed by atoms with Gasteiger partial charge in [0.2, 0.25) is 0 Å². The topological polar surface area (TPSA) is 26.3 Å².